The maximum atomic E-state index is 13.6. The Balaban J connectivity index is 1.39. The normalized spacial score (nSPS) is 18.4. The number of ether oxygens (including phenoxy) is 2. The van der Waals surface area contributed by atoms with Gasteiger partial charge >= 0.3 is 5.97 Å². The molecule has 0 bridgehead atoms. The van der Waals surface area contributed by atoms with Crippen molar-refractivity contribution < 1.29 is 23.5 Å². The Bertz CT molecular complexity index is 1410. The van der Waals surface area contributed by atoms with Crippen LogP contribution in [0.5, 0.6) is 5.75 Å². The number of carbonyl (C=O) groups is 2. The van der Waals surface area contributed by atoms with E-state index in [-0.39, 0.29) is 35.7 Å². The molecule has 11 heteroatoms. The van der Waals surface area contributed by atoms with Crippen LogP contribution < -0.4 is 15.4 Å². The van der Waals surface area contributed by atoms with E-state index in [2.05, 4.69) is 20.6 Å². The van der Waals surface area contributed by atoms with E-state index in [1.165, 1.54) is 24.5 Å². The highest BCUT2D eigenvalue weighted by Crippen LogP contribution is 2.36. The molecule has 9 nitrogen and oxygen atoms in total. The molecule has 1 atom stereocenters. The zero-order valence-corrected chi connectivity index (χ0v) is 22.2. The van der Waals surface area contributed by atoms with Crippen molar-refractivity contribution in [3.63, 3.8) is 0 Å². The van der Waals surface area contributed by atoms with Crippen molar-refractivity contribution in [2.45, 2.75) is 44.8 Å². The number of rotatable bonds is 8. The van der Waals surface area contributed by atoms with E-state index in [9.17, 15) is 14.0 Å². The maximum absolute atomic E-state index is 13.6. The van der Waals surface area contributed by atoms with Gasteiger partial charge in [0.25, 0.3) is 0 Å². The number of anilines is 3. The fraction of sp³-hybridized carbons (Fsp3) is 0.357. The number of hydrogen-bond acceptors (Lipinski definition) is 8. The second kappa shape index (κ2) is 12.0. The van der Waals surface area contributed by atoms with Crippen molar-refractivity contribution in [2.24, 2.45) is 0 Å². The Kier molecular flexibility index (Phi) is 8.23. The van der Waals surface area contributed by atoms with Crippen LogP contribution in [0.1, 0.15) is 32.6 Å². The van der Waals surface area contributed by atoms with Crippen LogP contribution in [0.25, 0.3) is 10.9 Å². The van der Waals surface area contributed by atoms with Crippen LogP contribution >= 0.6 is 11.6 Å². The summed E-state index contributed by atoms with van der Waals surface area (Å²) >= 11 is 5.94. The van der Waals surface area contributed by atoms with E-state index < -0.39 is 5.82 Å². The number of amides is 1. The number of fused-ring (bicyclic) bond motifs is 1. The number of cyclic esters (lactones) is 1. The smallest absolute Gasteiger partial charge is 0.320 e. The second-order valence-corrected chi connectivity index (χ2v) is 10.2. The topological polar surface area (TPSA) is 106 Å². The molecule has 2 fully saturated rings. The van der Waals surface area contributed by atoms with Crippen molar-refractivity contribution >= 4 is 51.6 Å². The van der Waals surface area contributed by atoms with E-state index in [1.807, 2.05) is 11.8 Å². The van der Waals surface area contributed by atoms with E-state index in [1.54, 1.807) is 24.3 Å². The third kappa shape index (κ3) is 6.82. The average molecular weight is 554 g/mol. The highest BCUT2D eigenvalue weighted by Gasteiger charge is 2.23. The summed E-state index contributed by atoms with van der Waals surface area (Å²) < 4.78 is 25.1. The average Bonchev–Trinajstić information content (AvgIpc) is 3.40. The number of esters is 1. The minimum absolute atomic E-state index is 0.0127. The van der Waals surface area contributed by atoms with Crippen LogP contribution in [0.4, 0.5) is 21.6 Å². The summed E-state index contributed by atoms with van der Waals surface area (Å²) in [5.74, 6) is -0.136. The van der Waals surface area contributed by atoms with Gasteiger partial charge in [0, 0.05) is 36.3 Å². The predicted octanol–water partition coefficient (Wildman–Crippen LogP) is 5.23. The number of halogens is 2. The summed E-state index contributed by atoms with van der Waals surface area (Å²) in [6, 6.07) is 7.86. The standard InChI is InChI=1S/C28H29ClFN5O4/c1-17-14-35(15-27(37)38-17)10-4-7-26(36)34-24-12-20-23(13-25(24)39-19-5-2-3-6-19)31-16-32-28(20)33-18-8-9-22(30)21(29)11-18/h4,7-9,11-13,16-17,19H,2-3,5-6,10,14-15H2,1H3,(H,34,36)(H,31,32,33)/b7-4+/t17-/m1/s1. The van der Waals surface area contributed by atoms with Gasteiger partial charge in [-0.05, 0) is 56.9 Å². The van der Waals surface area contributed by atoms with Gasteiger partial charge < -0.3 is 20.1 Å². The van der Waals surface area contributed by atoms with Crippen LogP contribution in [-0.4, -0.2) is 58.6 Å². The SMILES string of the molecule is C[C@@H]1CN(C/C=C/C(=O)Nc2cc3c(Nc4ccc(F)c(Cl)c4)ncnc3cc2OC2CCCC2)CC(=O)O1. The van der Waals surface area contributed by atoms with E-state index >= 15 is 0 Å². The highest BCUT2D eigenvalue weighted by atomic mass is 35.5. The third-order valence-electron chi connectivity index (χ3n) is 6.61. The first-order chi connectivity index (χ1) is 18.8. The summed E-state index contributed by atoms with van der Waals surface area (Å²) in [7, 11) is 0. The molecule has 1 amide bonds. The predicted molar refractivity (Wildman–Crippen MR) is 147 cm³/mol. The zero-order valence-electron chi connectivity index (χ0n) is 21.5. The first kappa shape index (κ1) is 26.8. The molecule has 39 heavy (non-hydrogen) atoms. The van der Waals surface area contributed by atoms with Crippen LogP contribution in [0, 0.1) is 5.82 Å². The van der Waals surface area contributed by atoms with E-state index in [4.69, 9.17) is 21.1 Å². The van der Waals surface area contributed by atoms with Gasteiger partial charge in [-0.1, -0.05) is 17.7 Å². The molecular weight excluding hydrogens is 525 g/mol. The first-order valence-electron chi connectivity index (χ1n) is 12.9. The van der Waals surface area contributed by atoms with Crippen molar-refractivity contribution in [3.8, 4) is 5.75 Å². The van der Waals surface area contributed by atoms with Crippen molar-refractivity contribution in [1.82, 2.24) is 14.9 Å². The van der Waals surface area contributed by atoms with Gasteiger partial charge in [0.1, 0.15) is 29.8 Å². The number of aromatic nitrogens is 2. The van der Waals surface area contributed by atoms with E-state index in [0.29, 0.717) is 46.9 Å². The minimum atomic E-state index is -0.517. The molecule has 1 aliphatic heterocycles. The van der Waals surface area contributed by atoms with E-state index in [0.717, 1.165) is 25.7 Å². The molecule has 5 rings (SSSR count). The van der Waals surface area contributed by atoms with Crippen molar-refractivity contribution in [2.75, 3.05) is 30.3 Å². The highest BCUT2D eigenvalue weighted by molar-refractivity contribution is 6.31. The Hall–Kier alpha value is -3.76. The molecule has 2 aromatic carbocycles. The summed E-state index contributed by atoms with van der Waals surface area (Å²) in [5.41, 5.74) is 1.65. The summed E-state index contributed by atoms with van der Waals surface area (Å²) in [4.78, 5) is 35.2. The number of morpholine rings is 1. The Morgan fingerprint density at radius 3 is 2.85 bits per heavy atom. The molecule has 1 aromatic heterocycles. The Labute approximate surface area is 230 Å². The lowest BCUT2D eigenvalue weighted by molar-refractivity contribution is -0.156. The minimum Gasteiger partial charge on any atom is -0.488 e. The number of hydrogen-bond donors (Lipinski definition) is 2. The van der Waals surface area contributed by atoms with Gasteiger partial charge in [-0.3, -0.25) is 14.5 Å². The number of benzene rings is 2. The van der Waals surface area contributed by atoms with Gasteiger partial charge in [0.05, 0.1) is 28.9 Å². The van der Waals surface area contributed by atoms with Crippen LogP contribution in [-0.2, 0) is 14.3 Å². The molecule has 3 aromatic rings. The number of nitrogens with one attached hydrogen (secondary N) is 2. The summed E-state index contributed by atoms with van der Waals surface area (Å²) in [6.07, 6.45) is 8.56. The molecule has 0 radical (unpaired) electrons. The lowest BCUT2D eigenvalue weighted by Gasteiger charge is -2.29. The summed E-state index contributed by atoms with van der Waals surface area (Å²) in [5, 5.41) is 6.70. The van der Waals surface area contributed by atoms with Crippen molar-refractivity contribution in [1.29, 1.82) is 0 Å². The van der Waals surface area contributed by atoms with Gasteiger partial charge in [-0.2, -0.15) is 0 Å². The van der Waals surface area contributed by atoms with Gasteiger partial charge in [-0.15, -0.1) is 0 Å². The molecule has 2 aliphatic rings. The fourth-order valence-electron chi connectivity index (χ4n) is 4.81. The molecular formula is C28H29ClFN5O4. The lowest BCUT2D eigenvalue weighted by atomic mass is 10.1. The van der Waals surface area contributed by atoms with Gasteiger partial charge in [-0.25, -0.2) is 14.4 Å². The maximum Gasteiger partial charge on any atom is 0.320 e. The van der Waals surface area contributed by atoms with Crippen LogP contribution in [0.15, 0.2) is 48.8 Å². The first-order valence-corrected chi connectivity index (χ1v) is 13.3. The zero-order chi connectivity index (χ0) is 27.4. The quantitative estimate of drug-likeness (QED) is 0.288. The van der Waals surface area contributed by atoms with Crippen molar-refractivity contribution in [3.05, 3.63) is 59.7 Å². The largest absolute Gasteiger partial charge is 0.488 e. The molecule has 2 N–H and O–H groups in total. The molecule has 1 saturated carbocycles. The monoisotopic (exact) mass is 553 g/mol. The third-order valence-corrected chi connectivity index (χ3v) is 6.90. The second-order valence-electron chi connectivity index (χ2n) is 9.75. The molecule has 0 unspecified atom stereocenters. The van der Waals surface area contributed by atoms with Gasteiger partial charge in [0.15, 0.2) is 0 Å². The molecule has 1 aliphatic carbocycles. The molecule has 204 valence electrons. The Morgan fingerprint density at radius 1 is 1.26 bits per heavy atom. The number of nitrogens with zero attached hydrogens (tertiary/aromatic N) is 3. The van der Waals surface area contributed by atoms with Gasteiger partial charge in [0.2, 0.25) is 5.91 Å². The molecule has 2 heterocycles. The molecule has 1 saturated heterocycles. The van der Waals surface area contributed by atoms with Crippen LogP contribution in [0.2, 0.25) is 5.02 Å². The summed E-state index contributed by atoms with van der Waals surface area (Å²) in [6.45, 7) is 3.08. The number of carbonyl (C=O) groups excluding carboxylic acids is 2. The lowest BCUT2D eigenvalue weighted by Crippen LogP contribution is -2.44. The Morgan fingerprint density at radius 2 is 2.08 bits per heavy atom. The van der Waals surface area contributed by atoms with Crippen LogP contribution in [0.3, 0.4) is 0 Å². The fourth-order valence-corrected chi connectivity index (χ4v) is 4.99. The molecule has 0 spiro atoms.